The second-order valence-corrected chi connectivity index (χ2v) is 6.26. The van der Waals surface area contributed by atoms with Gasteiger partial charge in [0, 0.05) is 5.39 Å². The molecular formula is C17H12N4O2S. The average Bonchev–Trinajstić information content (AvgIpc) is 2.99. The van der Waals surface area contributed by atoms with E-state index in [0.717, 1.165) is 20.3 Å². The Hall–Kier alpha value is -3.06. The topological polar surface area (TPSA) is 76.9 Å². The van der Waals surface area contributed by atoms with Gasteiger partial charge >= 0.3 is 0 Å². The molecule has 0 aliphatic heterocycles. The minimum absolute atomic E-state index is 0.153. The molecular weight excluding hydrogens is 324 g/mol. The third-order valence-electron chi connectivity index (χ3n) is 3.60. The molecule has 0 atom stereocenters. The number of nitrogens with zero attached hydrogens (tertiary/aromatic N) is 3. The lowest BCUT2D eigenvalue weighted by Crippen LogP contribution is -2.29. The van der Waals surface area contributed by atoms with E-state index in [1.54, 1.807) is 18.3 Å². The van der Waals surface area contributed by atoms with Crippen molar-refractivity contribution in [3.05, 3.63) is 65.1 Å². The summed E-state index contributed by atoms with van der Waals surface area (Å²) in [7, 11) is 0. The molecule has 6 nitrogen and oxygen atoms in total. The van der Waals surface area contributed by atoms with Crippen molar-refractivity contribution in [1.82, 2.24) is 14.8 Å². The van der Waals surface area contributed by atoms with Crippen LogP contribution < -0.4 is 10.9 Å². The monoisotopic (exact) mass is 336 g/mol. The lowest BCUT2D eigenvalue weighted by molar-refractivity contribution is -0.117. The molecule has 0 saturated carbocycles. The minimum Gasteiger partial charge on any atom is -0.300 e. The van der Waals surface area contributed by atoms with Gasteiger partial charge < -0.3 is 5.32 Å². The van der Waals surface area contributed by atoms with E-state index in [1.165, 1.54) is 11.3 Å². The molecule has 2 heterocycles. The Kier molecular flexibility index (Phi) is 3.55. The second-order valence-electron chi connectivity index (χ2n) is 5.23. The number of carbonyl (C=O) groups excluding carboxylic acids is 1. The molecule has 0 spiro atoms. The van der Waals surface area contributed by atoms with Crippen molar-refractivity contribution in [2.75, 3.05) is 5.32 Å². The summed E-state index contributed by atoms with van der Waals surface area (Å²) in [6, 6.07) is 14.8. The van der Waals surface area contributed by atoms with E-state index in [0.29, 0.717) is 10.5 Å². The highest BCUT2D eigenvalue weighted by atomic mass is 32.1. The van der Waals surface area contributed by atoms with E-state index >= 15 is 0 Å². The van der Waals surface area contributed by atoms with Gasteiger partial charge in [0.25, 0.3) is 5.56 Å². The Balaban J connectivity index is 1.57. The summed E-state index contributed by atoms with van der Waals surface area (Å²) >= 11 is 1.39. The Bertz CT molecular complexity index is 1080. The Morgan fingerprint density at radius 1 is 1.12 bits per heavy atom. The molecule has 0 aliphatic carbocycles. The first kappa shape index (κ1) is 14.5. The zero-order valence-electron chi connectivity index (χ0n) is 12.5. The highest BCUT2D eigenvalue weighted by Gasteiger charge is 2.11. The first-order valence-corrected chi connectivity index (χ1v) is 8.13. The summed E-state index contributed by atoms with van der Waals surface area (Å²) in [5.74, 6) is -0.334. The predicted molar refractivity (Wildman–Crippen MR) is 94.3 cm³/mol. The second kappa shape index (κ2) is 5.86. The van der Waals surface area contributed by atoms with Crippen LogP contribution in [-0.4, -0.2) is 20.7 Å². The van der Waals surface area contributed by atoms with Gasteiger partial charge in [-0.25, -0.2) is 9.67 Å². The van der Waals surface area contributed by atoms with Crippen molar-refractivity contribution in [3.8, 4) is 0 Å². The summed E-state index contributed by atoms with van der Waals surface area (Å²) in [4.78, 5) is 28.9. The zero-order chi connectivity index (χ0) is 16.5. The summed E-state index contributed by atoms with van der Waals surface area (Å²) in [5.41, 5.74) is 0.548. The van der Waals surface area contributed by atoms with Crippen LogP contribution in [0.2, 0.25) is 0 Å². The standard InChI is InChI=1S/C17H12N4O2S/c22-15(20-17-19-13-7-3-4-8-14(13)24-17)10-21-16(23)12-6-2-1-5-11(12)9-18-21/h1-9H,10H2,(H,19,20,22). The minimum atomic E-state index is -0.334. The lowest BCUT2D eigenvalue weighted by Gasteiger charge is -2.05. The first-order valence-electron chi connectivity index (χ1n) is 7.31. The molecule has 4 rings (SSSR count). The molecule has 0 bridgehead atoms. The molecule has 2 aromatic carbocycles. The first-order chi connectivity index (χ1) is 11.7. The van der Waals surface area contributed by atoms with Crippen molar-refractivity contribution in [3.63, 3.8) is 0 Å². The number of hydrogen-bond acceptors (Lipinski definition) is 5. The number of amides is 1. The molecule has 4 aromatic rings. The van der Waals surface area contributed by atoms with Crippen molar-refractivity contribution < 1.29 is 4.79 Å². The third-order valence-corrected chi connectivity index (χ3v) is 4.55. The largest absolute Gasteiger partial charge is 0.300 e. The van der Waals surface area contributed by atoms with Crippen LogP contribution in [0.25, 0.3) is 21.0 Å². The van der Waals surface area contributed by atoms with E-state index in [9.17, 15) is 9.59 Å². The molecule has 0 aliphatic rings. The maximum atomic E-state index is 12.4. The van der Waals surface area contributed by atoms with E-state index in [2.05, 4.69) is 15.4 Å². The number of fused-ring (bicyclic) bond motifs is 2. The van der Waals surface area contributed by atoms with Crippen molar-refractivity contribution in [2.24, 2.45) is 0 Å². The van der Waals surface area contributed by atoms with Gasteiger partial charge in [-0.3, -0.25) is 9.59 Å². The van der Waals surface area contributed by atoms with Gasteiger partial charge in [-0.15, -0.1) is 0 Å². The molecule has 0 saturated heterocycles. The third kappa shape index (κ3) is 2.65. The van der Waals surface area contributed by atoms with Gasteiger partial charge in [-0.2, -0.15) is 5.10 Å². The van der Waals surface area contributed by atoms with Crippen molar-refractivity contribution in [2.45, 2.75) is 6.54 Å². The molecule has 1 amide bonds. The van der Waals surface area contributed by atoms with E-state index in [1.807, 2.05) is 36.4 Å². The molecule has 0 radical (unpaired) electrons. The number of benzene rings is 2. The highest BCUT2D eigenvalue weighted by Crippen LogP contribution is 2.25. The maximum Gasteiger partial charge on any atom is 0.275 e. The van der Waals surface area contributed by atoms with Crippen LogP contribution in [0.1, 0.15) is 0 Å². The van der Waals surface area contributed by atoms with Crippen molar-refractivity contribution >= 4 is 43.4 Å². The molecule has 1 N–H and O–H groups in total. The number of carbonyl (C=O) groups is 1. The van der Waals surface area contributed by atoms with E-state index in [4.69, 9.17) is 0 Å². The number of para-hydroxylation sites is 1. The Labute approximate surface area is 140 Å². The fourth-order valence-electron chi connectivity index (χ4n) is 2.46. The summed E-state index contributed by atoms with van der Waals surface area (Å²) < 4.78 is 2.15. The summed E-state index contributed by atoms with van der Waals surface area (Å²) in [6.45, 7) is -0.153. The molecule has 7 heteroatoms. The Morgan fingerprint density at radius 3 is 2.79 bits per heavy atom. The molecule has 0 fully saturated rings. The number of aromatic nitrogens is 3. The highest BCUT2D eigenvalue weighted by molar-refractivity contribution is 7.22. The molecule has 0 unspecified atom stereocenters. The van der Waals surface area contributed by atoms with Crippen LogP contribution in [0.3, 0.4) is 0 Å². The van der Waals surface area contributed by atoms with Crippen LogP contribution in [-0.2, 0) is 11.3 Å². The lowest BCUT2D eigenvalue weighted by atomic mass is 10.2. The van der Waals surface area contributed by atoms with Gasteiger partial charge in [-0.05, 0) is 18.2 Å². The number of rotatable bonds is 3. The molecule has 24 heavy (non-hydrogen) atoms. The van der Waals surface area contributed by atoms with E-state index < -0.39 is 0 Å². The summed E-state index contributed by atoms with van der Waals surface area (Å²) in [5, 5.41) is 8.59. The fourth-order valence-corrected chi connectivity index (χ4v) is 3.34. The van der Waals surface area contributed by atoms with Gasteiger partial charge in [0.15, 0.2) is 5.13 Å². The average molecular weight is 336 g/mol. The van der Waals surface area contributed by atoms with Gasteiger partial charge in [-0.1, -0.05) is 41.7 Å². The van der Waals surface area contributed by atoms with E-state index in [-0.39, 0.29) is 18.0 Å². The number of anilines is 1. The SMILES string of the molecule is O=C(Cn1ncc2ccccc2c1=O)Nc1nc2ccccc2s1. The number of thiazole rings is 1. The van der Waals surface area contributed by atoms with Gasteiger partial charge in [0.05, 0.1) is 21.8 Å². The van der Waals surface area contributed by atoms with Crippen LogP contribution in [0.15, 0.2) is 59.5 Å². The number of hydrogen-bond donors (Lipinski definition) is 1. The van der Waals surface area contributed by atoms with Crippen LogP contribution in [0.4, 0.5) is 5.13 Å². The molecule has 2 aromatic heterocycles. The zero-order valence-corrected chi connectivity index (χ0v) is 13.3. The van der Waals surface area contributed by atoms with Crippen molar-refractivity contribution in [1.29, 1.82) is 0 Å². The smallest absolute Gasteiger partial charge is 0.275 e. The fraction of sp³-hybridized carbons (Fsp3) is 0.0588. The van der Waals surface area contributed by atoms with Crippen LogP contribution >= 0.6 is 11.3 Å². The maximum absolute atomic E-state index is 12.4. The van der Waals surface area contributed by atoms with Gasteiger partial charge in [0.1, 0.15) is 6.54 Å². The van der Waals surface area contributed by atoms with Crippen LogP contribution in [0.5, 0.6) is 0 Å². The normalized spacial score (nSPS) is 11.0. The molecule has 118 valence electrons. The quantitative estimate of drug-likeness (QED) is 0.624. The Morgan fingerprint density at radius 2 is 1.92 bits per heavy atom. The summed E-state index contributed by atoms with van der Waals surface area (Å²) in [6.07, 6.45) is 1.59. The van der Waals surface area contributed by atoms with Gasteiger partial charge in [0.2, 0.25) is 5.91 Å². The number of nitrogens with one attached hydrogen (secondary N) is 1. The predicted octanol–water partition coefficient (Wildman–Crippen LogP) is 2.64. The van der Waals surface area contributed by atoms with Crippen LogP contribution in [0, 0.1) is 0 Å².